The number of aromatic nitrogens is 1. The van der Waals surface area contributed by atoms with E-state index < -0.39 is 0 Å². The van der Waals surface area contributed by atoms with E-state index in [2.05, 4.69) is 10.5 Å². The van der Waals surface area contributed by atoms with Gasteiger partial charge in [0, 0.05) is 11.1 Å². The fraction of sp³-hybridized carbons (Fsp3) is 0.125. The lowest BCUT2D eigenvalue weighted by molar-refractivity contribution is -0.115. The zero-order chi connectivity index (χ0) is 16.2. The molecule has 0 aliphatic rings. The molecule has 0 fully saturated rings. The van der Waals surface area contributed by atoms with Crippen LogP contribution in [0.2, 0.25) is 5.02 Å². The van der Waals surface area contributed by atoms with Crippen molar-refractivity contribution in [3.63, 3.8) is 0 Å². The quantitative estimate of drug-likeness (QED) is 0.769. The van der Waals surface area contributed by atoms with Crippen molar-refractivity contribution in [2.24, 2.45) is 0 Å². The van der Waals surface area contributed by atoms with E-state index in [1.807, 2.05) is 0 Å². The van der Waals surface area contributed by atoms with Gasteiger partial charge in [0.05, 0.1) is 31.2 Å². The fourth-order valence-corrected chi connectivity index (χ4v) is 2.24. The highest BCUT2D eigenvalue weighted by Gasteiger charge is 2.14. The second-order valence-corrected chi connectivity index (χ2v) is 5.17. The molecule has 0 saturated heterocycles. The summed E-state index contributed by atoms with van der Waals surface area (Å²) in [6, 6.07) is 10.1. The van der Waals surface area contributed by atoms with E-state index in [9.17, 15) is 4.79 Å². The second-order valence-electron chi connectivity index (χ2n) is 4.73. The molecule has 0 bridgehead atoms. The molecule has 6 nitrogen and oxygen atoms in total. The number of amides is 1. The second kappa shape index (κ2) is 6.58. The monoisotopic (exact) mass is 332 g/mol. The van der Waals surface area contributed by atoms with Crippen LogP contribution < -0.4 is 10.1 Å². The number of nitrogens with one attached hydrogen (secondary N) is 1. The van der Waals surface area contributed by atoms with Gasteiger partial charge in [-0.1, -0.05) is 16.8 Å². The summed E-state index contributed by atoms with van der Waals surface area (Å²) in [5, 5.41) is 7.10. The van der Waals surface area contributed by atoms with E-state index in [-0.39, 0.29) is 12.3 Å². The Balaban J connectivity index is 1.69. The molecule has 0 aliphatic heterocycles. The summed E-state index contributed by atoms with van der Waals surface area (Å²) in [5.41, 5.74) is 0.995. The zero-order valence-corrected chi connectivity index (χ0v) is 13.0. The molecule has 0 unspecified atom stereocenters. The molecular formula is C16H13ClN2O4. The van der Waals surface area contributed by atoms with Crippen LogP contribution in [0.3, 0.4) is 0 Å². The first kappa shape index (κ1) is 15.2. The van der Waals surface area contributed by atoms with Crippen LogP contribution in [0.15, 0.2) is 51.6 Å². The van der Waals surface area contributed by atoms with Gasteiger partial charge in [-0.25, -0.2) is 0 Å². The topological polar surface area (TPSA) is 77.5 Å². The molecular weight excluding hydrogens is 320 g/mol. The Morgan fingerprint density at radius 3 is 2.91 bits per heavy atom. The highest BCUT2D eigenvalue weighted by atomic mass is 35.5. The fourth-order valence-electron chi connectivity index (χ4n) is 2.07. The van der Waals surface area contributed by atoms with E-state index >= 15 is 0 Å². The summed E-state index contributed by atoms with van der Waals surface area (Å²) < 4.78 is 15.6. The van der Waals surface area contributed by atoms with Crippen molar-refractivity contribution in [3.05, 3.63) is 53.4 Å². The van der Waals surface area contributed by atoms with Crippen LogP contribution in [0.25, 0.3) is 11.5 Å². The molecule has 118 valence electrons. The van der Waals surface area contributed by atoms with Gasteiger partial charge in [0.25, 0.3) is 0 Å². The van der Waals surface area contributed by atoms with E-state index in [4.69, 9.17) is 25.3 Å². The van der Waals surface area contributed by atoms with E-state index in [1.165, 1.54) is 13.4 Å². The molecule has 2 aromatic heterocycles. The van der Waals surface area contributed by atoms with Gasteiger partial charge in [-0.15, -0.1) is 0 Å². The van der Waals surface area contributed by atoms with Gasteiger partial charge < -0.3 is 19.0 Å². The third-order valence-electron chi connectivity index (χ3n) is 3.10. The van der Waals surface area contributed by atoms with Gasteiger partial charge in [-0.3, -0.25) is 4.79 Å². The summed E-state index contributed by atoms with van der Waals surface area (Å²) >= 11 is 5.93. The summed E-state index contributed by atoms with van der Waals surface area (Å²) in [7, 11) is 1.52. The molecule has 3 aromatic rings. The van der Waals surface area contributed by atoms with E-state index in [0.29, 0.717) is 33.7 Å². The lowest BCUT2D eigenvalue weighted by atomic mass is 10.2. The number of nitrogens with zero attached hydrogens (tertiary/aromatic N) is 1. The number of carbonyl (C=O) groups excluding carboxylic acids is 1. The van der Waals surface area contributed by atoms with Gasteiger partial charge in [0.1, 0.15) is 5.75 Å². The number of halogens is 1. The van der Waals surface area contributed by atoms with Crippen LogP contribution in [0.4, 0.5) is 5.69 Å². The van der Waals surface area contributed by atoms with Crippen LogP contribution in [-0.4, -0.2) is 18.2 Å². The molecule has 1 N–H and O–H groups in total. The van der Waals surface area contributed by atoms with Crippen molar-refractivity contribution >= 4 is 23.2 Å². The maximum Gasteiger partial charge on any atom is 0.230 e. The maximum absolute atomic E-state index is 12.1. The summed E-state index contributed by atoms with van der Waals surface area (Å²) in [4.78, 5) is 12.1. The highest BCUT2D eigenvalue weighted by Crippen LogP contribution is 2.28. The Hall–Kier alpha value is -2.73. The highest BCUT2D eigenvalue weighted by molar-refractivity contribution is 6.31. The predicted octanol–water partition coefficient (Wildman–Crippen LogP) is 3.78. The summed E-state index contributed by atoms with van der Waals surface area (Å²) in [5.74, 6) is 1.29. The van der Waals surface area contributed by atoms with Crippen LogP contribution in [-0.2, 0) is 11.2 Å². The Morgan fingerprint density at radius 2 is 2.17 bits per heavy atom. The van der Waals surface area contributed by atoms with Gasteiger partial charge in [0.2, 0.25) is 11.7 Å². The predicted molar refractivity (Wildman–Crippen MR) is 84.5 cm³/mol. The number of anilines is 1. The van der Waals surface area contributed by atoms with Crippen LogP contribution in [0.5, 0.6) is 5.75 Å². The SMILES string of the molecule is COc1ccc(Cl)cc1NC(=O)Cc1cc(-c2ccco2)on1. The third kappa shape index (κ3) is 3.54. The van der Waals surface area contributed by atoms with E-state index in [1.54, 1.807) is 36.4 Å². The molecule has 23 heavy (non-hydrogen) atoms. The largest absolute Gasteiger partial charge is 0.495 e. The number of hydrogen-bond acceptors (Lipinski definition) is 5. The van der Waals surface area contributed by atoms with Crippen LogP contribution >= 0.6 is 11.6 Å². The standard InChI is InChI=1S/C16H13ClN2O4/c1-21-13-5-4-10(17)7-12(13)18-16(20)9-11-8-15(23-19-11)14-3-2-6-22-14/h2-8H,9H2,1H3,(H,18,20). The van der Waals surface area contributed by atoms with Gasteiger partial charge in [0.15, 0.2) is 5.76 Å². The minimum absolute atomic E-state index is 0.0554. The molecule has 0 saturated carbocycles. The molecule has 2 heterocycles. The number of furan rings is 1. The molecule has 0 radical (unpaired) electrons. The van der Waals surface area contributed by atoms with Gasteiger partial charge in [-0.05, 0) is 30.3 Å². The smallest absolute Gasteiger partial charge is 0.230 e. The third-order valence-corrected chi connectivity index (χ3v) is 3.34. The number of methoxy groups -OCH3 is 1. The Kier molecular flexibility index (Phi) is 4.34. The van der Waals surface area contributed by atoms with Crippen molar-refractivity contribution in [2.45, 2.75) is 6.42 Å². The Bertz CT molecular complexity index is 811. The van der Waals surface area contributed by atoms with Gasteiger partial charge >= 0.3 is 0 Å². The number of hydrogen-bond donors (Lipinski definition) is 1. The van der Waals surface area contributed by atoms with Crippen molar-refractivity contribution in [1.29, 1.82) is 0 Å². The molecule has 3 rings (SSSR count). The van der Waals surface area contributed by atoms with Crippen molar-refractivity contribution in [2.75, 3.05) is 12.4 Å². The first-order chi connectivity index (χ1) is 11.2. The number of carbonyl (C=O) groups is 1. The summed E-state index contributed by atoms with van der Waals surface area (Å²) in [6.45, 7) is 0. The van der Waals surface area contributed by atoms with E-state index in [0.717, 1.165) is 0 Å². The Labute approximate surface area is 137 Å². The zero-order valence-electron chi connectivity index (χ0n) is 12.2. The van der Waals surface area contributed by atoms with Gasteiger partial charge in [-0.2, -0.15) is 0 Å². The van der Waals surface area contributed by atoms with Crippen molar-refractivity contribution < 1.29 is 18.5 Å². The molecule has 0 spiro atoms. The van der Waals surface area contributed by atoms with Crippen molar-refractivity contribution in [3.8, 4) is 17.3 Å². The van der Waals surface area contributed by atoms with Crippen LogP contribution in [0.1, 0.15) is 5.69 Å². The first-order valence-electron chi connectivity index (χ1n) is 6.78. The lowest BCUT2D eigenvalue weighted by Gasteiger charge is -2.09. The minimum atomic E-state index is -0.259. The maximum atomic E-state index is 12.1. The first-order valence-corrected chi connectivity index (χ1v) is 7.16. The summed E-state index contributed by atoms with van der Waals surface area (Å²) in [6.07, 6.45) is 1.59. The average molecular weight is 333 g/mol. The molecule has 7 heteroatoms. The average Bonchev–Trinajstić information content (AvgIpc) is 3.18. The number of rotatable bonds is 5. The number of ether oxygens (including phenoxy) is 1. The number of benzene rings is 1. The normalized spacial score (nSPS) is 10.5. The lowest BCUT2D eigenvalue weighted by Crippen LogP contribution is -2.15. The van der Waals surface area contributed by atoms with Crippen LogP contribution in [0, 0.1) is 0 Å². The Morgan fingerprint density at radius 1 is 1.30 bits per heavy atom. The minimum Gasteiger partial charge on any atom is -0.495 e. The van der Waals surface area contributed by atoms with Crippen molar-refractivity contribution in [1.82, 2.24) is 5.16 Å². The molecule has 0 atom stereocenters. The molecule has 1 amide bonds. The molecule has 1 aromatic carbocycles. The molecule has 0 aliphatic carbocycles.